The third-order valence-electron chi connectivity index (χ3n) is 2.10. The van der Waals surface area contributed by atoms with Crippen LogP contribution < -0.4 is 4.74 Å². The second-order valence-electron chi connectivity index (χ2n) is 3.18. The fourth-order valence-electron chi connectivity index (χ4n) is 1.34. The molecule has 0 fully saturated rings. The van der Waals surface area contributed by atoms with Crippen LogP contribution in [0.4, 0.5) is 0 Å². The summed E-state index contributed by atoms with van der Waals surface area (Å²) in [7, 11) is 7.10. The largest absolute Gasteiger partial charge is 0.480 e. The maximum absolute atomic E-state index is 8.92. The van der Waals surface area contributed by atoms with Gasteiger partial charge in [0.15, 0.2) is 0 Å². The maximum atomic E-state index is 8.92. The van der Waals surface area contributed by atoms with Gasteiger partial charge in [0, 0.05) is 4.88 Å². The summed E-state index contributed by atoms with van der Waals surface area (Å²) < 4.78 is 5.93. The van der Waals surface area contributed by atoms with Crippen molar-refractivity contribution in [1.29, 1.82) is 5.26 Å². The molecule has 0 amide bonds. The summed E-state index contributed by atoms with van der Waals surface area (Å²) in [4.78, 5) is 5.10. The number of methoxy groups -OCH3 is 1. The molecule has 0 aliphatic heterocycles. The van der Waals surface area contributed by atoms with Crippen molar-refractivity contribution in [2.45, 2.75) is 0 Å². The molecule has 0 saturated carbocycles. The van der Waals surface area contributed by atoms with Crippen molar-refractivity contribution < 1.29 is 4.74 Å². The molecule has 0 unspecified atom stereocenters. The number of ether oxygens (including phenoxy) is 1. The van der Waals surface area contributed by atoms with E-state index in [4.69, 9.17) is 17.8 Å². The topological polar surface area (TPSA) is 45.9 Å². The molecule has 0 N–H and O–H groups in total. The van der Waals surface area contributed by atoms with E-state index in [-0.39, 0.29) is 0 Å². The zero-order valence-electron chi connectivity index (χ0n) is 8.65. The van der Waals surface area contributed by atoms with Crippen LogP contribution in [-0.4, -0.2) is 19.9 Å². The fraction of sp³-hybridized carbons (Fsp3) is 0.0909. The number of pyridine rings is 1. The molecule has 5 heteroatoms. The first kappa shape index (κ1) is 10.7. The first-order valence-corrected chi connectivity index (χ1v) is 5.30. The highest BCUT2D eigenvalue weighted by Crippen LogP contribution is 2.30. The van der Waals surface area contributed by atoms with E-state index in [9.17, 15) is 0 Å². The standard InChI is InChI=1S/C11H7BN2OS/c1-6(12)9-4-8-10(16-9)3-7(5-13)11(14-8)15-2/h3-4H,1H2,2H3. The van der Waals surface area contributed by atoms with E-state index in [1.54, 1.807) is 6.07 Å². The summed E-state index contributed by atoms with van der Waals surface area (Å²) in [6.07, 6.45) is 0. The van der Waals surface area contributed by atoms with Gasteiger partial charge >= 0.3 is 0 Å². The summed E-state index contributed by atoms with van der Waals surface area (Å²) in [5.74, 6) is 0.335. The lowest BCUT2D eigenvalue weighted by Gasteiger charge is -1.99. The smallest absolute Gasteiger partial charge is 0.232 e. The number of hydrogen-bond acceptors (Lipinski definition) is 4. The molecule has 2 rings (SSSR count). The predicted octanol–water partition coefficient (Wildman–Crippen LogP) is 2.32. The minimum absolute atomic E-state index is 0.335. The van der Waals surface area contributed by atoms with Crippen LogP contribution >= 0.6 is 11.3 Å². The number of nitriles is 1. The van der Waals surface area contributed by atoms with Crippen molar-refractivity contribution >= 4 is 34.9 Å². The zero-order valence-corrected chi connectivity index (χ0v) is 9.47. The molecule has 0 saturated heterocycles. The van der Waals surface area contributed by atoms with Crippen LogP contribution in [0.5, 0.6) is 5.88 Å². The van der Waals surface area contributed by atoms with E-state index in [2.05, 4.69) is 11.6 Å². The lowest BCUT2D eigenvalue weighted by atomic mass is 9.96. The first-order chi connectivity index (χ1) is 7.65. The summed E-state index contributed by atoms with van der Waals surface area (Å²) in [5.41, 5.74) is 1.69. The Bertz CT molecular complexity index is 612. The molecular weight excluding hydrogens is 219 g/mol. The Morgan fingerprint density at radius 1 is 1.62 bits per heavy atom. The summed E-state index contributed by atoms with van der Waals surface area (Å²) >= 11 is 1.46. The molecule has 3 nitrogen and oxygen atoms in total. The number of aromatic nitrogens is 1. The van der Waals surface area contributed by atoms with Gasteiger partial charge in [-0.1, -0.05) is 5.47 Å². The van der Waals surface area contributed by atoms with Crippen LogP contribution in [0.1, 0.15) is 10.4 Å². The molecule has 0 aliphatic rings. The highest BCUT2D eigenvalue weighted by molar-refractivity contribution is 7.20. The fourth-order valence-corrected chi connectivity index (χ4v) is 2.27. The average Bonchev–Trinajstić information content (AvgIpc) is 2.69. The van der Waals surface area contributed by atoms with Gasteiger partial charge in [0.2, 0.25) is 5.88 Å². The molecule has 0 bridgehead atoms. The van der Waals surface area contributed by atoms with Crippen LogP contribution in [0, 0.1) is 11.3 Å². The molecular formula is C11H7BN2OS. The normalized spacial score (nSPS) is 10.0. The van der Waals surface area contributed by atoms with E-state index in [1.807, 2.05) is 12.1 Å². The second kappa shape index (κ2) is 3.99. The maximum Gasteiger partial charge on any atom is 0.232 e. The van der Waals surface area contributed by atoms with E-state index in [0.717, 1.165) is 15.1 Å². The Balaban J connectivity index is 2.70. The van der Waals surface area contributed by atoms with Crippen LogP contribution in [-0.2, 0) is 0 Å². The van der Waals surface area contributed by atoms with E-state index in [1.165, 1.54) is 18.4 Å². The first-order valence-electron chi connectivity index (χ1n) is 4.49. The molecule has 2 heterocycles. The Kier molecular flexibility index (Phi) is 2.67. The monoisotopic (exact) mass is 226 g/mol. The molecule has 0 aromatic carbocycles. The summed E-state index contributed by atoms with van der Waals surface area (Å²) in [6, 6.07) is 5.63. The molecule has 2 aromatic heterocycles. The molecule has 0 spiro atoms. The third-order valence-corrected chi connectivity index (χ3v) is 3.25. The van der Waals surface area contributed by atoms with Gasteiger partial charge < -0.3 is 4.74 Å². The number of fused-ring (bicyclic) bond motifs is 1. The van der Waals surface area contributed by atoms with Crippen LogP contribution in [0.25, 0.3) is 15.7 Å². The van der Waals surface area contributed by atoms with Crippen molar-refractivity contribution in [2.24, 2.45) is 0 Å². The average molecular weight is 226 g/mol. The van der Waals surface area contributed by atoms with Crippen molar-refractivity contribution in [3.8, 4) is 11.9 Å². The number of thiophene rings is 1. The third kappa shape index (κ3) is 1.68. The Labute approximate surface area is 98.4 Å². The number of nitrogens with zero attached hydrogens (tertiary/aromatic N) is 2. The van der Waals surface area contributed by atoms with Crippen molar-refractivity contribution in [1.82, 2.24) is 4.98 Å². The van der Waals surface area contributed by atoms with Gasteiger partial charge in [-0.3, -0.25) is 0 Å². The van der Waals surface area contributed by atoms with Crippen molar-refractivity contribution in [2.75, 3.05) is 7.11 Å². The van der Waals surface area contributed by atoms with Gasteiger partial charge in [-0.25, -0.2) is 4.98 Å². The van der Waals surface area contributed by atoms with Crippen LogP contribution in [0.3, 0.4) is 0 Å². The lowest BCUT2D eigenvalue weighted by Crippen LogP contribution is -1.90. The second-order valence-corrected chi connectivity index (χ2v) is 4.26. The summed E-state index contributed by atoms with van der Waals surface area (Å²) in [6.45, 7) is 3.67. The van der Waals surface area contributed by atoms with Gasteiger partial charge in [0.05, 0.1) is 17.3 Å². The Morgan fingerprint density at radius 2 is 2.38 bits per heavy atom. The van der Waals surface area contributed by atoms with Crippen molar-refractivity contribution in [3.05, 3.63) is 29.2 Å². The molecule has 2 aromatic rings. The lowest BCUT2D eigenvalue weighted by molar-refractivity contribution is 0.398. The minimum Gasteiger partial charge on any atom is -0.480 e. The van der Waals surface area contributed by atoms with E-state index < -0.39 is 0 Å². The van der Waals surface area contributed by atoms with Crippen molar-refractivity contribution in [3.63, 3.8) is 0 Å². The Morgan fingerprint density at radius 3 is 2.94 bits per heavy atom. The molecule has 2 radical (unpaired) electrons. The quantitative estimate of drug-likeness (QED) is 0.738. The van der Waals surface area contributed by atoms with Gasteiger partial charge in [-0.2, -0.15) is 5.26 Å². The molecule has 76 valence electrons. The Hall–Kier alpha value is -1.80. The van der Waals surface area contributed by atoms with E-state index in [0.29, 0.717) is 16.9 Å². The van der Waals surface area contributed by atoms with Crippen LogP contribution in [0.15, 0.2) is 18.7 Å². The van der Waals surface area contributed by atoms with Gasteiger partial charge in [0.25, 0.3) is 0 Å². The van der Waals surface area contributed by atoms with Crippen LogP contribution in [0.2, 0.25) is 0 Å². The number of rotatable bonds is 2. The number of hydrogen-bond donors (Lipinski definition) is 0. The van der Waals surface area contributed by atoms with Gasteiger partial charge in [-0.05, 0) is 12.1 Å². The molecule has 0 atom stereocenters. The highest BCUT2D eigenvalue weighted by Gasteiger charge is 2.10. The molecule has 16 heavy (non-hydrogen) atoms. The predicted molar refractivity (Wildman–Crippen MR) is 65.7 cm³/mol. The van der Waals surface area contributed by atoms with E-state index >= 15 is 0 Å². The minimum atomic E-state index is 0.335. The summed E-state index contributed by atoms with van der Waals surface area (Å²) in [5, 5.41) is 8.92. The zero-order chi connectivity index (χ0) is 11.7. The highest BCUT2D eigenvalue weighted by atomic mass is 32.1. The SMILES string of the molecule is [B]C(=C)c1cc2nc(OC)c(C#N)cc2s1. The molecule has 0 aliphatic carbocycles. The van der Waals surface area contributed by atoms with Gasteiger partial charge in [0.1, 0.15) is 19.5 Å². The van der Waals surface area contributed by atoms with Gasteiger partial charge in [-0.15, -0.1) is 17.9 Å².